The van der Waals surface area contributed by atoms with E-state index < -0.39 is 6.04 Å². The van der Waals surface area contributed by atoms with Crippen LogP contribution < -0.4 is 0 Å². The number of amides is 2. The van der Waals surface area contributed by atoms with Crippen LogP contribution in [0.4, 0.5) is 0 Å². The molecule has 1 aromatic carbocycles. The SMILES string of the molecule is Cc1cnc(CN2C(=O)CN(Cc3ccccc3Cl)C(=O)[C@@H]2C)cn1.O=CO. The average molecular weight is 405 g/mol. The monoisotopic (exact) mass is 404 g/mol. The first-order valence-corrected chi connectivity index (χ1v) is 8.92. The Bertz CT molecular complexity index is 844. The molecule has 0 radical (unpaired) electrons. The summed E-state index contributed by atoms with van der Waals surface area (Å²) in [7, 11) is 0. The molecule has 1 N–H and O–H groups in total. The molecular weight excluding hydrogens is 384 g/mol. The van der Waals surface area contributed by atoms with E-state index in [-0.39, 0.29) is 31.4 Å². The lowest BCUT2D eigenvalue weighted by atomic mass is 10.1. The van der Waals surface area contributed by atoms with Crippen LogP contribution in [0.1, 0.15) is 23.9 Å². The van der Waals surface area contributed by atoms with Gasteiger partial charge in [0.25, 0.3) is 6.47 Å². The van der Waals surface area contributed by atoms with Crippen LogP contribution >= 0.6 is 11.6 Å². The quantitative estimate of drug-likeness (QED) is 0.780. The molecule has 2 heterocycles. The molecule has 0 spiro atoms. The highest BCUT2D eigenvalue weighted by Crippen LogP contribution is 2.21. The Morgan fingerprint density at radius 1 is 1.21 bits per heavy atom. The van der Waals surface area contributed by atoms with Crippen molar-refractivity contribution < 1.29 is 19.5 Å². The third-order valence-electron chi connectivity index (χ3n) is 4.27. The van der Waals surface area contributed by atoms with Crippen molar-refractivity contribution in [2.24, 2.45) is 0 Å². The smallest absolute Gasteiger partial charge is 0.290 e. The van der Waals surface area contributed by atoms with E-state index in [0.717, 1.165) is 11.3 Å². The normalized spacial score (nSPS) is 16.5. The number of aryl methyl sites for hydroxylation is 1. The van der Waals surface area contributed by atoms with Crippen LogP contribution in [0.15, 0.2) is 36.7 Å². The minimum absolute atomic E-state index is 0.0354. The van der Waals surface area contributed by atoms with Crippen molar-refractivity contribution in [3.8, 4) is 0 Å². The largest absolute Gasteiger partial charge is 0.483 e. The van der Waals surface area contributed by atoms with Gasteiger partial charge in [0.15, 0.2) is 0 Å². The molecule has 1 saturated heterocycles. The molecule has 1 aromatic heterocycles. The van der Waals surface area contributed by atoms with Gasteiger partial charge in [0, 0.05) is 17.8 Å². The van der Waals surface area contributed by atoms with Gasteiger partial charge in [0.2, 0.25) is 11.8 Å². The maximum atomic E-state index is 12.7. The number of hydrogen-bond acceptors (Lipinski definition) is 5. The lowest BCUT2D eigenvalue weighted by molar-refractivity contribution is -0.156. The molecule has 148 valence electrons. The summed E-state index contributed by atoms with van der Waals surface area (Å²) in [5, 5.41) is 7.48. The van der Waals surface area contributed by atoms with Crippen LogP contribution in [0.25, 0.3) is 0 Å². The lowest BCUT2D eigenvalue weighted by Gasteiger charge is -2.38. The molecule has 0 bridgehead atoms. The highest BCUT2D eigenvalue weighted by Gasteiger charge is 2.36. The van der Waals surface area contributed by atoms with Gasteiger partial charge in [-0.1, -0.05) is 29.8 Å². The summed E-state index contributed by atoms with van der Waals surface area (Å²) in [4.78, 5) is 45.2. The van der Waals surface area contributed by atoms with E-state index in [1.54, 1.807) is 35.2 Å². The molecule has 28 heavy (non-hydrogen) atoms. The third kappa shape index (κ3) is 5.26. The highest BCUT2D eigenvalue weighted by atomic mass is 35.5. The van der Waals surface area contributed by atoms with Gasteiger partial charge in [0.05, 0.1) is 24.1 Å². The van der Waals surface area contributed by atoms with Crippen molar-refractivity contribution >= 4 is 29.9 Å². The van der Waals surface area contributed by atoms with Crippen molar-refractivity contribution in [1.82, 2.24) is 19.8 Å². The van der Waals surface area contributed by atoms with Crippen molar-refractivity contribution in [2.45, 2.75) is 33.0 Å². The number of benzene rings is 1. The summed E-state index contributed by atoms with van der Waals surface area (Å²) in [6, 6.07) is 6.79. The lowest BCUT2D eigenvalue weighted by Crippen LogP contribution is -2.58. The van der Waals surface area contributed by atoms with Crippen molar-refractivity contribution in [3.63, 3.8) is 0 Å². The van der Waals surface area contributed by atoms with Crippen LogP contribution in [-0.2, 0) is 27.5 Å². The minimum atomic E-state index is -0.549. The summed E-state index contributed by atoms with van der Waals surface area (Å²) in [6.07, 6.45) is 3.29. The molecule has 9 heteroatoms. The predicted octanol–water partition coefficient (Wildman–Crippen LogP) is 1.90. The van der Waals surface area contributed by atoms with Crippen LogP contribution in [0.2, 0.25) is 5.02 Å². The zero-order valence-corrected chi connectivity index (χ0v) is 16.3. The Hall–Kier alpha value is -3.00. The van der Waals surface area contributed by atoms with Gasteiger partial charge in [-0.25, -0.2) is 0 Å². The Morgan fingerprint density at radius 2 is 1.89 bits per heavy atom. The van der Waals surface area contributed by atoms with Crippen LogP contribution in [0, 0.1) is 6.92 Å². The molecule has 1 aliphatic rings. The molecule has 1 atom stereocenters. The summed E-state index contributed by atoms with van der Waals surface area (Å²) < 4.78 is 0. The van der Waals surface area contributed by atoms with Crippen LogP contribution in [-0.4, -0.2) is 55.7 Å². The summed E-state index contributed by atoms with van der Waals surface area (Å²) >= 11 is 6.16. The first-order valence-electron chi connectivity index (χ1n) is 8.54. The van der Waals surface area contributed by atoms with E-state index in [2.05, 4.69) is 9.97 Å². The maximum absolute atomic E-state index is 12.7. The van der Waals surface area contributed by atoms with Gasteiger partial charge < -0.3 is 14.9 Å². The topological polar surface area (TPSA) is 104 Å². The summed E-state index contributed by atoms with van der Waals surface area (Å²) in [5.74, 6) is -0.207. The zero-order valence-electron chi connectivity index (χ0n) is 15.6. The first-order chi connectivity index (χ1) is 13.4. The molecule has 0 unspecified atom stereocenters. The Morgan fingerprint density at radius 3 is 2.50 bits per heavy atom. The van der Waals surface area contributed by atoms with E-state index in [9.17, 15) is 9.59 Å². The van der Waals surface area contributed by atoms with E-state index in [1.165, 1.54) is 0 Å². The van der Waals surface area contributed by atoms with Gasteiger partial charge in [-0.3, -0.25) is 24.4 Å². The Balaban J connectivity index is 0.000000878. The van der Waals surface area contributed by atoms with E-state index in [0.29, 0.717) is 17.3 Å². The number of nitrogens with zero attached hydrogens (tertiary/aromatic N) is 4. The number of halogens is 1. The standard InChI is InChI=1S/C18H19ClN4O2.CH2O2/c1-12-7-21-15(8-20-12)10-23-13(2)18(25)22(11-17(23)24)9-14-5-3-4-6-16(14)19;2-1-3/h3-8,13H,9-11H2,1-2H3;1H,(H,2,3)/t13-;/m0./s1. The molecule has 0 aliphatic carbocycles. The average Bonchev–Trinajstić information content (AvgIpc) is 2.67. The fourth-order valence-corrected chi connectivity index (χ4v) is 3.01. The highest BCUT2D eigenvalue weighted by molar-refractivity contribution is 6.31. The molecule has 2 aromatic rings. The maximum Gasteiger partial charge on any atom is 0.290 e. The summed E-state index contributed by atoms with van der Waals surface area (Å²) in [5.41, 5.74) is 2.30. The number of hydrogen-bond donors (Lipinski definition) is 1. The Kier molecular flexibility index (Phi) is 7.45. The second kappa shape index (κ2) is 9.80. The number of aromatic nitrogens is 2. The van der Waals surface area contributed by atoms with Crippen molar-refractivity contribution in [2.75, 3.05) is 6.54 Å². The first kappa shape index (κ1) is 21.3. The number of carboxylic acid groups (broad SMARTS) is 1. The van der Waals surface area contributed by atoms with Gasteiger partial charge in [-0.2, -0.15) is 0 Å². The molecule has 3 rings (SSSR count). The van der Waals surface area contributed by atoms with Crippen molar-refractivity contribution in [3.05, 3.63) is 58.6 Å². The number of carbonyl (C=O) groups excluding carboxylic acids is 2. The predicted molar refractivity (Wildman–Crippen MR) is 102 cm³/mol. The molecule has 8 nitrogen and oxygen atoms in total. The van der Waals surface area contributed by atoms with Crippen molar-refractivity contribution in [1.29, 1.82) is 0 Å². The van der Waals surface area contributed by atoms with Gasteiger partial charge in [0.1, 0.15) is 12.6 Å². The third-order valence-corrected chi connectivity index (χ3v) is 4.64. The molecule has 1 aliphatic heterocycles. The number of piperazine rings is 1. The fraction of sp³-hybridized carbons (Fsp3) is 0.316. The van der Waals surface area contributed by atoms with E-state index in [1.807, 2.05) is 25.1 Å². The van der Waals surface area contributed by atoms with Gasteiger partial charge in [-0.15, -0.1) is 0 Å². The second-order valence-electron chi connectivity index (χ2n) is 6.24. The molecule has 0 saturated carbocycles. The molecule has 2 amide bonds. The van der Waals surface area contributed by atoms with Gasteiger partial charge in [-0.05, 0) is 25.5 Å². The molecule has 1 fully saturated rings. The van der Waals surface area contributed by atoms with E-state index in [4.69, 9.17) is 21.5 Å². The second-order valence-corrected chi connectivity index (χ2v) is 6.65. The number of carbonyl (C=O) groups is 3. The van der Waals surface area contributed by atoms with Gasteiger partial charge >= 0.3 is 0 Å². The van der Waals surface area contributed by atoms with E-state index >= 15 is 0 Å². The number of rotatable bonds is 4. The Labute approximate surface area is 167 Å². The molecular formula is C19H21ClN4O4. The van der Waals surface area contributed by atoms with Crippen LogP contribution in [0.5, 0.6) is 0 Å². The summed E-state index contributed by atoms with van der Waals surface area (Å²) in [6.45, 7) is 3.97. The fourth-order valence-electron chi connectivity index (χ4n) is 2.81. The minimum Gasteiger partial charge on any atom is -0.483 e. The zero-order chi connectivity index (χ0) is 20.7. The van der Waals surface area contributed by atoms with Crippen LogP contribution in [0.3, 0.4) is 0 Å².